The molecule has 0 atom stereocenters. The third-order valence-electron chi connectivity index (χ3n) is 2.84. The van der Waals surface area contributed by atoms with Crippen LogP contribution < -0.4 is 10.1 Å². The fourth-order valence-corrected chi connectivity index (χ4v) is 1.51. The van der Waals surface area contributed by atoms with Crippen LogP contribution in [0.15, 0.2) is 18.2 Å². The highest BCUT2D eigenvalue weighted by atomic mass is 16.5. The van der Waals surface area contributed by atoms with Gasteiger partial charge in [0.2, 0.25) is 5.91 Å². The SMILES string of the molecule is CNC(=O)CN(C)C(=O)COC(=O)c1ccc(OC)cc1O. The van der Waals surface area contributed by atoms with Crippen LogP contribution >= 0.6 is 0 Å². The van der Waals surface area contributed by atoms with Crippen LogP contribution in [0.3, 0.4) is 0 Å². The molecule has 0 spiro atoms. The van der Waals surface area contributed by atoms with Gasteiger partial charge in [0.25, 0.3) is 5.91 Å². The highest BCUT2D eigenvalue weighted by Gasteiger charge is 2.17. The van der Waals surface area contributed by atoms with Crippen LogP contribution in [-0.2, 0) is 14.3 Å². The first-order valence-corrected chi connectivity index (χ1v) is 6.37. The minimum Gasteiger partial charge on any atom is -0.507 e. The topological polar surface area (TPSA) is 105 Å². The molecule has 1 aromatic rings. The van der Waals surface area contributed by atoms with Gasteiger partial charge in [0.15, 0.2) is 6.61 Å². The second-order valence-corrected chi connectivity index (χ2v) is 4.38. The summed E-state index contributed by atoms with van der Waals surface area (Å²) < 4.78 is 9.71. The van der Waals surface area contributed by atoms with Crippen molar-refractivity contribution in [2.24, 2.45) is 0 Å². The smallest absolute Gasteiger partial charge is 0.342 e. The van der Waals surface area contributed by atoms with E-state index in [0.717, 1.165) is 4.90 Å². The molecule has 0 aliphatic heterocycles. The number of carbonyl (C=O) groups excluding carboxylic acids is 3. The van der Waals surface area contributed by atoms with E-state index in [2.05, 4.69) is 5.32 Å². The van der Waals surface area contributed by atoms with Crippen LogP contribution in [0, 0.1) is 0 Å². The average molecular weight is 310 g/mol. The molecule has 0 aromatic heterocycles. The lowest BCUT2D eigenvalue weighted by atomic mass is 10.2. The minimum absolute atomic E-state index is 0.0810. The summed E-state index contributed by atoms with van der Waals surface area (Å²) in [5.41, 5.74) is -0.0810. The summed E-state index contributed by atoms with van der Waals surface area (Å²) in [6.07, 6.45) is 0. The van der Waals surface area contributed by atoms with Gasteiger partial charge >= 0.3 is 5.97 Å². The van der Waals surface area contributed by atoms with E-state index in [-0.39, 0.29) is 23.8 Å². The molecule has 0 unspecified atom stereocenters. The summed E-state index contributed by atoms with van der Waals surface area (Å²) in [7, 11) is 4.29. The van der Waals surface area contributed by atoms with Gasteiger partial charge in [-0.25, -0.2) is 4.79 Å². The number of benzene rings is 1. The van der Waals surface area contributed by atoms with Crippen LogP contribution in [0.1, 0.15) is 10.4 Å². The number of hydrogen-bond donors (Lipinski definition) is 2. The second kappa shape index (κ2) is 7.87. The van der Waals surface area contributed by atoms with E-state index in [1.54, 1.807) is 0 Å². The summed E-state index contributed by atoms with van der Waals surface area (Å²) in [4.78, 5) is 35.8. The number of hydrogen-bond acceptors (Lipinski definition) is 6. The predicted molar refractivity (Wildman–Crippen MR) is 76.6 cm³/mol. The van der Waals surface area contributed by atoms with Gasteiger partial charge in [0.05, 0.1) is 13.7 Å². The molecule has 0 saturated heterocycles. The summed E-state index contributed by atoms with van der Waals surface area (Å²) in [6, 6.07) is 4.07. The minimum atomic E-state index is -0.846. The molecule has 0 aliphatic rings. The number of phenolic OH excluding ortho intramolecular Hbond substituents is 1. The molecule has 0 heterocycles. The predicted octanol–water partition coefficient (Wildman–Crippen LogP) is -0.238. The van der Waals surface area contributed by atoms with E-state index in [4.69, 9.17) is 9.47 Å². The van der Waals surface area contributed by atoms with Crippen molar-refractivity contribution in [3.63, 3.8) is 0 Å². The van der Waals surface area contributed by atoms with Crippen LogP contribution in [0.5, 0.6) is 11.5 Å². The first-order chi connectivity index (χ1) is 10.4. The van der Waals surface area contributed by atoms with Gasteiger partial charge < -0.3 is 24.8 Å². The van der Waals surface area contributed by atoms with Gasteiger partial charge in [-0.05, 0) is 12.1 Å². The van der Waals surface area contributed by atoms with Crippen molar-refractivity contribution in [3.8, 4) is 11.5 Å². The Kier molecular flexibility index (Phi) is 6.18. The molecule has 0 saturated carbocycles. The standard InChI is InChI=1S/C14H18N2O6/c1-15-12(18)7-16(2)13(19)8-22-14(20)10-5-4-9(21-3)6-11(10)17/h4-6,17H,7-8H2,1-3H3,(H,15,18). The van der Waals surface area contributed by atoms with Crippen LogP contribution in [0.2, 0.25) is 0 Å². The Morgan fingerprint density at radius 1 is 1.32 bits per heavy atom. The van der Waals surface area contributed by atoms with Gasteiger partial charge in [0.1, 0.15) is 17.1 Å². The zero-order valence-electron chi connectivity index (χ0n) is 12.6. The zero-order chi connectivity index (χ0) is 16.7. The Hall–Kier alpha value is -2.77. The molecule has 8 heteroatoms. The number of esters is 1. The first-order valence-electron chi connectivity index (χ1n) is 6.37. The Balaban J connectivity index is 2.59. The number of amides is 2. The fourth-order valence-electron chi connectivity index (χ4n) is 1.51. The van der Waals surface area contributed by atoms with Gasteiger partial charge in [-0.3, -0.25) is 9.59 Å². The average Bonchev–Trinajstić information content (AvgIpc) is 2.51. The van der Waals surface area contributed by atoms with Crippen LogP contribution in [-0.4, -0.2) is 62.1 Å². The number of phenols is 1. The Bertz CT molecular complexity index is 572. The fraction of sp³-hybridized carbons (Fsp3) is 0.357. The molecule has 2 N–H and O–H groups in total. The molecule has 1 aromatic carbocycles. The molecule has 1 rings (SSSR count). The molecule has 8 nitrogen and oxygen atoms in total. The lowest BCUT2D eigenvalue weighted by Crippen LogP contribution is -2.39. The van der Waals surface area contributed by atoms with Crippen molar-refractivity contribution in [1.82, 2.24) is 10.2 Å². The quantitative estimate of drug-likeness (QED) is 0.703. The summed E-state index contributed by atoms with van der Waals surface area (Å²) in [5.74, 6) is -1.65. The van der Waals surface area contributed by atoms with E-state index in [1.165, 1.54) is 39.4 Å². The number of methoxy groups -OCH3 is 1. The van der Waals surface area contributed by atoms with Crippen molar-refractivity contribution in [3.05, 3.63) is 23.8 Å². The van der Waals surface area contributed by atoms with Crippen molar-refractivity contribution < 1.29 is 29.0 Å². The van der Waals surface area contributed by atoms with E-state index in [1.807, 2.05) is 0 Å². The molecular formula is C14H18N2O6. The van der Waals surface area contributed by atoms with Crippen molar-refractivity contribution in [1.29, 1.82) is 0 Å². The normalized spacial score (nSPS) is 9.77. The maximum Gasteiger partial charge on any atom is 0.342 e. The Morgan fingerprint density at radius 3 is 2.55 bits per heavy atom. The molecule has 0 bridgehead atoms. The second-order valence-electron chi connectivity index (χ2n) is 4.38. The number of rotatable bonds is 6. The third kappa shape index (κ3) is 4.65. The number of nitrogens with one attached hydrogen (secondary N) is 1. The highest BCUT2D eigenvalue weighted by Crippen LogP contribution is 2.23. The van der Waals surface area contributed by atoms with Crippen molar-refractivity contribution >= 4 is 17.8 Å². The molecule has 120 valence electrons. The number of aromatic hydroxyl groups is 1. The van der Waals surface area contributed by atoms with Crippen molar-refractivity contribution in [2.75, 3.05) is 34.4 Å². The van der Waals surface area contributed by atoms with E-state index in [0.29, 0.717) is 5.75 Å². The third-order valence-corrected chi connectivity index (χ3v) is 2.84. The van der Waals surface area contributed by atoms with Gasteiger partial charge in [0, 0.05) is 20.2 Å². The van der Waals surface area contributed by atoms with Crippen LogP contribution in [0.4, 0.5) is 0 Å². The number of nitrogens with zero attached hydrogens (tertiary/aromatic N) is 1. The molecule has 0 aliphatic carbocycles. The maximum absolute atomic E-state index is 11.8. The maximum atomic E-state index is 11.8. The summed E-state index contributed by atoms with van der Waals surface area (Å²) >= 11 is 0. The highest BCUT2D eigenvalue weighted by molar-refractivity contribution is 5.94. The Morgan fingerprint density at radius 2 is 2.00 bits per heavy atom. The zero-order valence-corrected chi connectivity index (χ0v) is 12.6. The molecule has 2 amide bonds. The van der Waals surface area contributed by atoms with E-state index in [9.17, 15) is 19.5 Å². The van der Waals surface area contributed by atoms with Gasteiger partial charge in [-0.2, -0.15) is 0 Å². The van der Waals surface area contributed by atoms with Crippen LogP contribution in [0.25, 0.3) is 0 Å². The Labute approximate surface area is 127 Å². The van der Waals surface area contributed by atoms with E-state index >= 15 is 0 Å². The molecule has 0 fully saturated rings. The van der Waals surface area contributed by atoms with Crippen molar-refractivity contribution in [2.45, 2.75) is 0 Å². The molecule has 22 heavy (non-hydrogen) atoms. The van der Waals surface area contributed by atoms with Gasteiger partial charge in [-0.15, -0.1) is 0 Å². The molecule has 0 radical (unpaired) electrons. The number of likely N-dealkylation sites (N-methyl/N-ethyl adjacent to an activating group) is 2. The lowest BCUT2D eigenvalue weighted by Gasteiger charge is -2.16. The van der Waals surface area contributed by atoms with E-state index < -0.39 is 18.5 Å². The summed E-state index contributed by atoms with van der Waals surface area (Å²) in [5, 5.41) is 12.1. The first kappa shape index (κ1) is 17.3. The number of ether oxygens (including phenoxy) is 2. The summed E-state index contributed by atoms with van der Waals surface area (Å²) in [6.45, 7) is -0.668. The van der Waals surface area contributed by atoms with Gasteiger partial charge in [-0.1, -0.05) is 0 Å². The monoisotopic (exact) mass is 310 g/mol. The lowest BCUT2D eigenvalue weighted by molar-refractivity contribution is -0.137. The largest absolute Gasteiger partial charge is 0.507 e. The number of carbonyl (C=O) groups is 3. The molecular weight excluding hydrogens is 292 g/mol.